The molecule has 1 heterocycles. The summed E-state index contributed by atoms with van der Waals surface area (Å²) in [4.78, 5) is 30.7. The van der Waals surface area contributed by atoms with Gasteiger partial charge in [-0.15, -0.1) is 11.8 Å². The van der Waals surface area contributed by atoms with Crippen molar-refractivity contribution >= 4 is 39.9 Å². The summed E-state index contributed by atoms with van der Waals surface area (Å²) >= 11 is 2.97. The van der Waals surface area contributed by atoms with Crippen LogP contribution in [0.1, 0.15) is 47.6 Å². The van der Waals surface area contributed by atoms with Crippen molar-refractivity contribution in [2.45, 2.75) is 44.9 Å². The lowest BCUT2D eigenvalue weighted by molar-refractivity contribution is -0.115. The number of aromatic nitrogens is 1. The lowest BCUT2D eigenvalue weighted by Gasteiger charge is -2.26. The molecule has 0 atom stereocenters. The molecule has 0 saturated carbocycles. The molecular weight excluding hydrogens is 352 g/mol. The van der Waals surface area contributed by atoms with Crippen molar-refractivity contribution in [3.63, 3.8) is 0 Å². The van der Waals surface area contributed by atoms with E-state index in [2.05, 4.69) is 55.3 Å². The summed E-state index contributed by atoms with van der Waals surface area (Å²) in [5.74, 6) is 0.794. The molecule has 1 N–H and O–H groups in total. The van der Waals surface area contributed by atoms with E-state index in [0.29, 0.717) is 28.6 Å². The van der Waals surface area contributed by atoms with E-state index in [-0.39, 0.29) is 17.1 Å². The van der Waals surface area contributed by atoms with Crippen molar-refractivity contribution in [3.05, 3.63) is 40.4 Å². The Balaban J connectivity index is 1.53. The predicted octanol–water partition coefficient (Wildman–Crippen LogP) is 4.73. The molecule has 132 valence electrons. The molecule has 0 spiro atoms. The van der Waals surface area contributed by atoms with Crippen LogP contribution < -0.4 is 5.32 Å². The van der Waals surface area contributed by atoms with Gasteiger partial charge in [-0.05, 0) is 30.9 Å². The van der Waals surface area contributed by atoms with Gasteiger partial charge in [0, 0.05) is 23.5 Å². The maximum Gasteiger partial charge on any atom is 0.226 e. The molecule has 4 nitrogen and oxygen atoms in total. The number of fused-ring (bicyclic) bond motifs is 1. The Labute approximate surface area is 156 Å². The summed E-state index contributed by atoms with van der Waals surface area (Å²) in [7, 11) is 0. The zero-order valence-electron chi connectivity index (χ0n) is 14.7. The van der Waals surface area contributed by atoms with Crippen molar-refractivity contribution < 1.29 is 9.59 Å². The number of carbonyl (C=O) groups excluding carboxylic acids is 2. The molecule has 1 aromatic carbocycles. The SMILES string of the molecule is Cc1ccc(SCCC(=O)Nc2nc3c(s2)C(=O)CC(C)(C)C3)cc1. The summed E-state index contributed by atoms with van der Waals surface area (Å²) in [6, 6.07) is 8.28. The van der Waals surface area contributed by atoms with Crippen LogP contribution in [0.4, 0.5) is 5.13 Å². The first-order valence-electron chi connectivity index (χ1n) is 8.35. The van der Waals surface area contributed by atoms with Crippen LogP contribution in [-0.2, 0) is 11.2 Å². The number of hydrogen-bond donors (Lipinski definition) is 1. The molecule has 1 aliphatic carbocycles. The van der Waals surface area contributed by atoms with Crippen molar-refractivity contribution in [1.29, 1.82) is 0 Å². The maximum absolute atomic E-state index is 12.2. The summed E-state index contributed by atoms with van der Waals surface area (Å²) in [5, 5.41) is 3.39. The molecule has 6 heteroatoms. The van der Waals surface area contributed by atoms with Gasteiger partial charge in [-0.3, -0.25) is 9.59 Å². The highest BCUT2D eigenvalue weighted by atomic mass is 32.2. The molecule has 0 unspecified atom stereocenters. The zero-order chi connectivity index (χ0) is 18.0. The fraction of sp³-hybridized carbons (Fsp3) is 0.421. The second kappa shape index (κ2) is 7.30. The number of rotatable bonds is 5. The van der Waals surface area contributed by atoms with Gasteiger partial charge in [0.2, 0.25) is 5.91 Å². The summed E-state index contributed by atoms with van der Waals surface area (Å²) in [6.45, 7) is 6.21. The lowest BCUT2D eigenvalue weighted by Crippen LogP contribution is -2.26. The number of thiazole rings is 1. The van der Waals surface area contributed by atoms with Crippen LogP contribution in [-0.4, -0.2) is 22.4 Å². The molecule has 1 amide bonds. The van der Waals surface area contributed by atoms with Gasteiger partial charge in [0.05, 0.1) is 10.6 Å². The monoisotopic (exact) mass is 374 g/mol. The highest BCUT2D eigenvalue weighted by molar-refractivity contribution is 7.99. The van der Waals surface area contributed by atoms with E-state index in [1.54, 1.807) is 11.8 Å². The average Bonchev–Trinajstić information content (AvgIpc) is 2.90. The molecular formula is C19H22N2O2S2. The number of thioether (sulfide) groups is 1. The number of nitrogens with zero attached hydrogens (tertiary/aromatic N) is 1. The van der Waals surface area contributed by atoms with Crippen LogP contribution in [0.3, 0.4) is 0 Å². The zero-order valence-corrected chi connectivity index (χ0v) is 16.4. The van der Waals surface area contributed by atoms with Crippen LogP contribution in [0, 0.1) is 12.3 Å². The Morgan fingerprint density at radius 1 is 1.28 bits per heavy atom. The Morgan fingerprint density at radius 3 is 2.72 bits per heavy atom. The minimum atomic E-state index is -0.0579. The van der Waals surface area contributed by atoms with Gasteiger partial charge in [-0.25, -0.2) is 4.98 Å². The summed E-state index contributed by atoms with van der Waals surface area (Å²) in [5.41, 5.74) is 2.01. The van der Waals surface area contributed by atoms with Crippen molar-refractivity contribution in [2.24, 2.45) is 5.41 Å². The van der Waals surface area contributed by atoms with Crippen molar-refractivity contribution in [1.82, 2.24) is 4.98 Å². The number of aryl methyl sites for hydroxylation is 1. The number of anilines is 1. The van der Waals surface area contributed by atoms with E-state index in [0.717, 1.165) is 17.0 Å². The first-order chi connectivity index (χ1) is 11.8. The van der Waals surface area contributed by atoms with E-state index in [1.165, 1.54) is 16.9 Å². The second-order valence-corrected chi connectivity index (χ2v) is 9.36. The van der Waals surface area contributed by atoms with Gasteiger partial charge in [0.25, 0.3) is 0 Å². The lowest BCUT2D eigenvalue weighted by atomic mass is 9.78. The standard InChI is InChI=1S/C19H22N2O2S2/c1-12-4-6-13(7-5-12)24-9-8-16(23)21-18-20-14-10-19(2,3)11-15(22)17(14)25-18/h4-7H,8-11H2,1-3H3,(H,20,21,23). The fourth-order valence-electron chi connectivity index (χ4n) is 2.85. The number of benzene rings is 1. The Bertz CT molecular complexity index is 794. The molecule has 0 saturated heterocycles. The van der Waals surface area contributed by atoms with Gasteiger partial charge in [-0.2, -0.15) is 0 Å². The van der Waals surface area contributed by atoms with Crippen LogP contribution in [0.15, 0.2) is 29.2 Å². The minimum absolute atomic E-state index is 0.0515. The normalized spacial score (nSPS) is 15.7. The molecule has 1 aromatic heterocycles. The number of Topliss-reactive ketones (excluding diaryl/α,β-unsaturated/α-hetero) is 1. The molecule has 0 radical (unpaired) electrons. The van der Waals surface area contributed by atoms with Gasteiger partial charge < -0.3 is 5.32 Å². The van der Waals surface area contributed by atoms with E-state index < -0.39 is 0 Å². The number of amides is 1. The van der Waals surface area contributed by atoms with E-state index >= 15 is 0 Å². The van der Waals surface area contributed by atoms with E-state index in [4.69, 9.17) is 0 Å². The number of nitrogens with one attached hydrogen (secondary N) is 1. The van der Waals surface area contributed by atoms with E-state index in [1.807, 2.05) is 0 Å². The van der Waals surface area contributed by atoms with E-state index in [9.17, 15) is 9.59 Å². The summed E-state index contributed by atoms with van der Waals surface area (Å²) in [6.07, 6.45) is 1.74. The smallest absolute Gasteiger partial charge is 0.226 e. The Morgan fingerprint density at radius 2 is 2.00 bits per heavy atom. The Kier molecular flexibility index (Phi) is 5.29. The van der Waals surface area contributed by atoms with Crippen LogP contribution >= 0.6 is 23.1 Å². The third-order valence-electron chi connectivity index (χ3n) is 4.10. The van der Waals surface area contributed by atoms with Gasteiger partial charge in [0.15, 0.2) is 10.9 Å². The molecule has 2 aromatic rings. The van der Waals surface area contributed by atoms with Crippen molar-refractivity contribution in [3.8, 4) is 0 Å². The fourth-order valence-corrected chi connectivity index (χ4v) is 4.64. The number of carbonyl (C=O) groups is 2. The quantitative estimate of drug-likeness (QED) is 0.769. The molecule has 0 aliphatic heterocycles. The highest BCUT2D eigenvalue weighted by Gasteiger charge is 2.34. The molecule has 3 rings (SSSR count). The largest absolute Gasteiger partial charge is 0.302 e. The van der Waals surface area contributed by atoms with Crippen LogP contribution in [0.2, 0.25) is 0 Å². The first kappa shape index (κ1) is 18.1. The number of hydrogen-bond acceptors (Lipinski definition) is 5. The maximum atomic E-state index is 12.2. The third-order valence-corrected chi connectivity index (χ3v) is 6.17. The topological polar surface area (TPSA) is 59.1 Å². The molecule has 25 heavy (non-hydrogen) atoms. The average molecular weight is 375 g/mol. The molecule has 0 bridgehead atoms. The highest BCUT2D eigenvalue weighted by Crippen LogP contribution is 2.38. The van der Waals surface area contributed by atoms with Crippen LogP contribution in [0.5, 0.6) is 0 Å². The van der Waals surface area contributed by atoms with Crippen molar-refractivity contribution in [2.75, 3.05) is 11.1 Å². The van der Waals surface area contributed by atoms with Gasteiger partial charge in [0.1, 0.15) is 0 Å². The molecule has 1 aliphatic rings. The summed E-state index contributed by atoms with van der Waals surface area (Å²) < 4.78 is 0. The van der Waals surface area contributed by atoms with Gasteiger partial charge in [-0.1, -0.05) is 42.9 Å². The van der Waals surface area contributed by atoms with Crippen LogP contribution in [0.25, 0.3) is 0 Å². The number of ketones is 1. The third kappa shape index (κ3) is 4.70. The predicted molar refractivity (Wildman–Crippen MR) is 104 cm³/mol. The molecule has 0 fully saturated rings. The second-order valence-electron chi connectivity index (χ2n) is 7.20. The minimum Gasteiger partial charge on any atom is -0.302 e. The first-order valence-corrected chi connectivity index (χ1v) is 10.1. The Hall–Kier alpha value is -1.66. The van der Waals surface area contributed by atoms with Gasteiger partial charge >= 0.3 is 0 Å².